The highest BCUT2D eigenvalue weighted by molar-refractivity contribution is 7.80. The van der Waals surface area contributed by atoms with E-state index in [9.17, 15) is 0 Å². The van der Waals surface area contributed by atoms with E-state index in [-0.39, 0.29) is 0 Å². The van der Waals surface area contributed by atoms with E-state index in [0.717, 1.165) is 23.6 Å². The largest absolute Gasteiger partial charge is 0.493 e. The van der Waals surface area contributed by atoms with E-state index >= 15 is 0 Å². The monoisotopic (exact) mass is 394 g/mol. The van der Waals surface area contributed by atoms with E-state index in [1.807, 2.05) is 36.4 Å². The zero-order valence-corrected chi connectivity index (χ0v) is 16.7. The van der Waals surface area contributed by atoms with Crippen LogP contribution in [0.25, 0.3) is 0 Å². The van der Waals surface area contributed by atoms with Crippen molar-refractivity contribution in [2.75, 3.05) is 27.9 Å². The fourth-order valence-corrected chi connectivity index (χ4v) is 2.75. The number of nitrogens with one attached hydrogen (secondary N) is 2. The van der Waals surface area contributed by atoms with Gasteiger partial charge >= 0.3 is 0 Å². The van der Waals surface area contributed by atoms with Crippen molar-refractivity contribution in [1.29, 1.82) is 0 Å². The van der Waals surface area contributed by atoms with Crippen LogP contribution >= 0.6 is 23.8 Å². The Labute approximate surface area is 164 Å². The minimum Gasteiger partial charge on any atom is -0.493 e. The van der Waals surface area contributed by atoms with Crippen molar-refractivity contribution in [3.05, 3.63) is 52.5 Å². The highest BCUT2D eigenvalue weighted by Gasteiger charge is 2.13. The Balaban J connectivity index is 1.85. The molecule has 0 spiro atoms. The molecule has 0 amide bonds. The fourth-order valence-electron chi connectivity index (χ4n) is 2.45. The normalized spacial score (nSPS) is 10.2. The van der Waals surface area contributed by atoms with Crippen LogP contribution in [0.5, 0.6) is 17.2 Å². The summed E-state index contributed by atoms with van der Waals surface area (Å²) in [6.07, 6.45) is 0.864. The van der Waals surface area contributed by atoms with Crippen molar-refractivity contribution in [3.8, 4) is 17.2 Å². The third-order valence-corrected chi connectivity index (χ3v) is 4.33. The summed E-state index contributed by atoms with van der Waals surface area (Å²) in [5, 5.41) is 7.71. The molecule has 0 atom stereocenters. The molecule has 26 heavy (non-hydrogen) atoms. The average Bonchev–Trinajstić information content (AvgIpc) is 2.66. The molecule has 2 aromatic carbocycles. The number of methoxy groups -OCH3 is 3. The number of hydrogen-bond donors (Lipinski definition) is 2. The summed E-state index contributed by atoms with van der Waals surface area (Å²) in [5.74, 6) is 1.80. The zero-order chi connectivity index (χ0) is 18.9. The van der Waals surface area contributed by atoms with Gasteiger partial charge < -0.3 is 24.8 Å². The lowest BCUT2D eigenvalue weighted by Crippen LogP contribution is -2.35. The summed E-state index contributed by atoms with van der Waals surface area (Å²) in [6.45, 7) is 1.28. The van der Waals surface area contributed by atoms with Crippen LogP contribution in [0.2, 0.25) is 5.02 Å². The van der Waals surface area contributed by atoms with E-state index in [0.29, 0.717) is 28.9 Å². The highest BCUT2D eigenvalue weighted by Crippen LogP contribution is 2.38. The van der Waals surface area contributed by atoms with Crippen LogP contribution in [0.3, 0.4) is 0 Å². The van der Waals surface area contributed by atoms with Gasteiger partial charge in [0.05, 0.1) is 21.3 Å². The van der Waals surface area contributed by atoms with Crippen molar-refractivity contribution in [2.45, 2.75) is 13.0 Å². The minimum atomic E-state index is 0.545. The van der Waals surface area contributed by atoms with Gasteiger partial charge in [0.1, 0.15) is 0 Å². The maximum absolute atomic E-state index is 5.89. The molecule has 0 radical (unpaired) electrons. The second-order valence-electron chi connectivity index (χ2n) is 5.52. The SMILES string of the molecule is COc1cc(CNC(=S)NCCc2ccc(Cl)cc2)cc(OC)c1OC. The smallest absolute Gasteiger partial charge is 0.203 e. The first kappa shape index (κ1) is 20.1. The molecule has 0 unspecified atom stereocenters. The molecular formula is C19H23ClN2O3S. The van der Waals surface area contributed by atoms with Crippen LogP contribution in [0.15, 0.2) is 36.4 Å². The molecule has 0 aliphatic rings. The Bertz CT molecular complexity index is 713. The number of benzene rings is 2. The molecule has 0 saturated heterocycles. The second kappa shape index (κ2) is 10.1. The molecule has 0 bridgehead atoms. The first-order chi connectivity index (χ1) is 12.6. The predicted octanol–water partition coefficient (Wildman–Crippen LogP) is 3.57. The lowest BCUT2D eigenvalue weighted by atomic mass is 10.1. The van der Waals surface area contributed by atoms with Gasteiger partial charge in [0.25, 0.3) is 0 Å². The van der Waals surface area contributed by atoms with Gasteiger partial charge in [0, 0.05) is 18.1 Å². The lowest BCUT2D eigenvalue weighted by molar-refractivity contribution is 0.323. The van der Waals surface area contributed by atoms with Crippen LogP contribution in [0.1, 0.15) is 11.1 Å². The molecular weight excluding hydrogens is 372 g/mol. The zero-order valence-electron chi connectivity index (χ0n) is 15.1. The summed E-state index contributed by atoms with van der Waals surface area (Å²) in [6, 6.07) is 11.6. The quantitative estimate of drug-likeness (QED) is 0.667. The summed E-state index contributed by atoms with van der Waals surface area (Å²) < 4.78 is 16.0. The summed E-state index contributed by atoms with van der Waals surface area (Å²) in [4.78, 5) is 0. The van der Waals surface area contributed by atoms with Gasteiger partial charge in [-0.05, 0) is 54.0 Å². The molecule has 2 rings (SSSR count). The fraction of sp³-hybridized carbons (Fsp3) is 0.316. The van der Waals surface area contributed by atoms with Gasteiger partial charge in [-0.2, -0.15) is 0 Å². The molecule has 2 N–H and O–H groups in total. The maximum Gasteiger partial charge on any atom is 0.203 e. The number of ether oxygens (including phenoxy) is 3. The molecule has 140 valence electrons. The molecule has 0 saturated carbocycles. The standard InChI is InChI=1S/C19H23ClN2O3S/c1-23-16-10-14(11-17(24-2)18(16)25-3)12-22-19(26)21-9-8-13-4-6-15(20)7-5-13/h4-7,10-11H,8-9,12H2,1-3H3,(H2,21,22,26). The number of halogens is 1. The Morgan fingerprint density at radius 1 is 0.923 bits per heavy atom. The van der Waals surface area contributed by atoms with Gasteiger partial charge in [-0.25, -0.2) is 0 Å². The summed E-state index contributed by atoms with van der Waals surface area (Å²) in [5.41, 5.74) is 2.18. The molecule has 2 aromatic rings. The first-order valence-electron chi connectivity index (χ1n) is 8.12. The Hall–Kier alpha value is -2.18. The van der Waals surface area contributed by atoms with Crippen molar-refractivity contribution in [2.24, 2.45) is 0 Å². The Kier molecular flexibility index (Phi) is 7.81. The highest BCUT2D eigenvalue weighted by atomic mass is 35.5. The van der Waals surface area contributed by atoms with Gasteiger partial charge in [0.15, 0.2) is 16.6 Å². The predicted molar refractivity (Wildman–Crippen MR) is 109 cm³/mol. The van der Waals surface area contributed by atoms with Gasteiger partial charge in [-0.15, -0.1) is 0 Å². The van der Waals surface area contributed by atoms with E-state index in [1.54, 1.807) is 21.3 Å². The van der Waals surface area contributed by atoms with E-state index in [1.165, 1.54) is 5.56 Å². The van der Waals surface area contributed by atoms with Gasteiger partial charge in [-0.1, -0.05) is 23.7 Å². The van der Waals surface area contributed by atoms with E-state index in [2.05, 4.69) is 10.6 Å². The van der Waals surface area contributed by atoms with Crippen molar-refractivity contribution in [3.63, 3.8) is 0 Å². The van der Waals surface area contributed by atoms with Crippen LogP contribution in [0, 0.1) is 0 Å². The number of thiocarbonyl (C=S) groups is 1. The molecule has 0 fully saturated rings. The number of hydrogen-bond acceptors (Lipinski definition) is 4. The molecule has 0 aromatic heterocycles. The third kappa shape index (κ3) is 5.68. The van der Waals surface area contributed by atoms with Crippen LogP contribution < -0.4 is 24.8 Å². The van der Waals surface area contributed by atoms with Crippen LogP contribution in [-0.4, -0.2) is 33.0 Å². The topological polar surface area (TPSA) is 51.8 Å². The minimum absolute atomic E-state index is 0.545. The van der Waals surface area contributed by atoms with Gasteiger partial charge in [0.2, 0.25) is 5.75 Å². The molecule has 5 nitrogen and oxygen atoms in total. The van der Waals surface area contributed by atoms with Gasteiger partial charge in [-0.3, -0.25) is 0 Å². The van der Waals surface area contributed by atoms with Crippen LogP contribution in [-0.2, 0) is 13.0 Å². The van der Waals surface area contributed by atoms with Crippen molar-refractivity contribution in [1.82, 2.24) is 10.6 Å². The van der Waals surface area contributed by atoms with E-state index in [4.69, 9.17) is 38.0 Å². The molecule has 7 heteroatoms. The average molecular weight is 395 g/mol. The Morgan fingerprint density at radius 3 is 2.08 bits per heavy atom. The first-order valence-corrected chi connectivity index (χ1v) is 8.91. The Morgan fingerprint density at radius 2 is 1.54 bits per heavy atom. The van der Waals surface area contributed by atoms with E-state index < -0.39 is 0 Å². The van der Waals surface area contributed by atoms with Crippen LogP contribution in [0.4, 0.5) is 0 Å². The summed E-state index contributed by atoms with van der Waals surface area (Å²) in [7, 11) is 4.77. The maximum atomic E-state index is 5.89. The molecule has 0 aliphatic carbocycles. The lowest BCUT2D eigenvalue weighted by Gasteiger charge is -2.15. The second-order valence-corrected chi connectivity index (χ2v) is 6.36. The third-order valence-electron chi connectivity index (χ3n) is 3.79. The molecule has 0 heterocycles. The summed E-state index contributed by atoms with van der Waals surface area (Å²) >= 11 is 11.2. The number of rotatable bonds is 8. The molecule has 0 aliphatic heterocycles. The van der Waals surface area contributed by atoms with Crippen molar-refractivity contribution >= 4 is 28.9 Å². The van der Waals surface area contributed by atoms with Crippen molar-refractivity contribution < 1.29 is 14.2 Å².